The summed E-state index contributed by atoms with van der Waals surface area (Å²) in [6, 6.07) is 11.9. The van der Waals surface area contributed by atoms with Crippen LogP contribution in [0.1, 0.15) is 26.7 Å². The molecule has 0 heterocycles. The van der Waals surface area contributed by atoms with E-state index in [1.165, 1.54) is 0 Å². The quantitative estimate of drug-likeness (QED) is 0.851. The average molecular weight is 301 g/mol. The predicted octanol–water partition coefficient (Wildman–Crippen LogP) is 3.53. The fraction of sp³-hybridized carbons (Fsp3) is 0.389. The van der Waals surface area contributed by atoms with E-state index in [9.17, 15) is 4.79 Å². The van der Waals surface area contributed by atoms with Crippen molar-refractivity contribution in [1.29, 1.82) is 0 Å². The zero-order valence-electron chi connectivity index (χ0n) is 13.4. The minimum Gasteiger partial charge on any atom is -0.497 e. The highest BCUT2D eigenvalue weighted by molar-refractivity contribution is 5.85. The number of hydrogen-bond donors (Lipinski definition) is 1. The van der Waals surface area contributed by atoms with Crippen LogP contribution in [0.3, 0.4) is 0 Å². The van der Waals surface area contributed by atoms with Gasteiger partial charge in [0.2, 0.25) is 0 Å². The van der Waals surface area contributed by atoms with E-state index in [0.717, 1.165) is 29.4 Å². The molecule has 4 heteroatoms. The number of carbonyl (C=O) groups excluding carboxylic acids is 1. The van der Waals surface area contributed by atoms with Gasteiger partial charge in [0, 0.05) is 6.04 Å². The highest BCUT2D eigenvalue weighted by atomic mass is 16.5. The van der Waals surface area contributed by atoms with E-state index >= 15 is 0 Å². The lowest BCUT2D eigenvalue weighted by atomic mass is 10.1. The van der Waals surface area contributed by atoms with Crippen molar-refractivity contribution in [2.45, 2.75) is 32.7 Å². The topological polar surface area (TPSA) is 47.6 Å². The van der Waals surface area contributed by atoms with Crippen LogP contribution < -0.4 is 14.8 Å². The minimum atomic E-state index is -0.0839. The predicted molar refractivity (Wildman–Crippen MR) is 88.5 cm³/mol. The lowest BCUT2D eigenvalue weighted by molar-refractivity contribution is -0.123. The molecule has 0 saturated carbocycles. The smallest absolute Gasteiger partial charge is 0.258 e. The van der Waals surface area contributed by atoms with Crippen molar-refractivity contribution in [1.82, 2.24) is 5.32 Å². The van der Waals surface area contributed by atoms with Crippen molar-refractivity contribution in [3.8, 4) is 11.5 Å². The molecule has 0 spiro atoms. The maximum atomic E-state index is 11.9. The molecule has 0 saturated heterocycles. The van der Waals surface area contributed by atoms with E-state index in [4.69, 9.17) is 9.47 Å². The minimum absolute atomic E-state index is 0.0337. The van der Waals surface area contributed by atoms with Gasteiger partial charge in [0.15, 0.2) is 6.61 Å². The van der Waals surface area contributed by atoms with Crippen molar-refractivity contribution in [3.05, 3.63) is 36.4 Å². The van der Waals surface area contributed by atoms with Gasteiger partial charge >= 0.3 is 0 Å². The molecule has 2 rings (SSSR count). The molecule has 0 atom stereocenters. The van der Waals surface area contributed by atoms with Crippen molar-refractivity contribution in [3.63, 3.8) is 0 Å². The maximum Gasteiger partial charge on any atom is 0.258 e. The van der Waals surface area contributed by atoms with Gasteiger partial charge in [0.25, 0.3) is 5.91 Å². The van der Waals surface area contributed by atoms with Crippen molar-refractivity contribution in [2.75, 3.05) is 13.7 Å². The Kier molecular flexibility index (Phi) is 5.64. The Bertz CT molecular complexity index is 635. The van der Waals surface area contributed by atoms with Gasteiger partial charge in [-0.05, 0) is 47.9 Å². The average Bonchev–Trinajstić information content (AvgIpc) is 2.56. The summed E-state index contributed by atoms with van der Waals surface area (Å²) in [6.45, 7) is 4.16. The highest BCUT2D eigenvalue weighted by Gasteiger charge is 2.09. The number of fused-ring (bicyclic) bond motifs is 1. The van der Waals surface area contributed by atoms with Crippen molar-refractivity contribution >= 4 is 16.7 Å². The largest absolute Gasteiger partial charge is 0.497 e. The number of nitrogens with one attached hydrogen (secondary N) is 1. The summed E-state index contributed by atoms with van der Waals surface area (Å²) in [5.41, 5.74) is 0. The van der Waals surface area contributed by atoms with Gasteiger partial charge in [-0.1, -0.05) is 26.0 Å². The number of benzene rings is 2. The van der Waals surface area contributed by atoms with E-state index in [0.29, 0.717) is 5.75 Å². The number of methoxy groups -OCH3 is 1. The lowest BCUT2D eigenvalue weighted by Gasteiger charge is -2.15. The molecule has 0 fully saturated rings. The Morgan fingerprint density at radius 3 is 2.32 bits per heavy atom. The fourth-order valence-electron chi connectivity index (χ4n) is 2.33. The Morgan fingerprint density at radius 2 is 1.68 bits per heavy atom. The Morgan fingerprint density at radius 1 is 1.05 bits per heavy atom. The van der Waals surface area contributed by atoms with Gasteiger partial charge in [-0.25, -0.2) is 0 Å². The van der Waals surface area contributed by atoms with Crippen molar-refractivity contribution in [2.24, 2.45) is 0 Å². The summed E-state index contributed by atoms with van der Waals surface area (Å²) in [4.78, 5) is 11.9. The zero-order chi connectivity index (χ0) is 15.9. The molecule has 0 bridgehead atoms. The van der Waals surface area contributed by atoms with Crippen molar-refractivity contribution < 1.29 is 14.3 Å². The van der Waals surface area contributed by atoms with Crippen LogP contribution in [0.15, 0.2) is 36.4 Å². The summed E-state index contributed by atoms with van der Waals surface area (Å²) in [6.07, 6.45) is 1.86. The molecule has 0 aliphatic heterocycles. The lowest BCUT2D eigenvalue weighted by Crippen LogP contribution is -2.37. The van der Waals surface area contributed by atoms with Gasteiger partial charge in [-0.3, -0.25) is 4.79 Å². The van der Waals surface area contributed by atoms with Gasteiger partial charge in [-0.2, -0.15) is 0 Å². The molecule has 22 heavy (non-hydrogen) atoms. The van der Waals surface area contributed by atoms with E-state index in [-0.39, 0.29) is 18.6 Å². The first-order valence-electron chi connectivity index (χ1n) is 7.66. The molecular formula is C18H23NO3. The molecule has 0 aromatic heterocycles. The zero-order valence-corrected chi connectivity index (χ0v) is 13.4. The standard InChI is InChI=1S/C18H23NO3/c1-4-15(5-2)19-18(20)12-22-17-9-7-13-6-8-16(21-3)10-14(13)11-17/h6-11,15H,4-5,12H2,1-3H3,(H,19,20). The molecule has 0 unspecified atom stereocenters. The number of rotatable bonds is 7. The molecule has 0 radical (unpaired) electrons. The number of hydrogen-bond acceptors (Lipinski definition) is 3. The molecule has 0 aliphatic rings. The first kappa shape index (κ1) is 16.1. The van der Waals surface area contributed by atoms with E-state index < -0.39 is 0 Å². The SMILES string of the molecule is CCC(CC)NC(=O)COc1ccc2ccc(OC)cc2c1. The van der Waals surface area contributed by atoms with Crippen LogP contribution in [0.2, 0.25) is 0 Å². The van der Waals surface area contributed by atoms with Crippen LogP contribution in [0, 0.1) is 0 Å². The Labute approximate surface area is 131 Å². The molecule has 2 aromatic carbocycles. The third-order valence-corrected chi connectivity index (χ3v) is 3.74. The normalized spacial score (nSPS) is 10.7. The van der Waals surface area contributed by atoms with Gasteiger partial charge in [0.05, 0.1) is 7.11 Å². The molecule has 0 aliphatic carbocycles. The number of carbonyl (C=O) groups is 1. The van der Waals surface area contributed by atoms with E-state index in [1.807, 2.05) is 36.4 Å². The summed E-state index contributed by atoms with van der Waals surface area (Å²) < 4.78 is 10.8. The van der Waals surface area contributed by atoms with Crippen LogP contribution in [-0.4, -0.2) is 25.7 Å². The summed E-state index contributed by atoms with van der Waals surface area (Å²) in [5.74, 6) is 1.40. The van der Waals surface area contributed by atoms with E-state index in [2.05, 4.69) is 19.2 Å². The second-order valence-electron chi connectivity index (χ2n) is 5.24. The van der Waals surface area contributed by atoms with Gasteiger partial charge in [0.1, 0.15) is 11.5 Å². The van der Waals surface area contributed by atoms with Crippen LogP contribution in [0.25, 0.3) is 10.8 Å². The van der Waals surface area contributed by atoms with E-state index in [1.54, 1.807) is 7.11 Å². The fourth-order valence-corrected chi connectivity index (χ4v) is 2.33. The van der Waals surface area contributed by atoms with Crippen LogP contribution in [0.4, 0.5) is 0 Å². The number of amides is 1. The summed E-state index contributed by atoms with van der Waals surface area (Å²) in [5, 5.41) is 5.09. The molecule has 1 N–H and O–H groups in total. The third-order valence-electron chi connectivity index (χ3n) is 3.74. The molecule has 4 nitrogen and oxygen atoms in total. The van der Waals surface area contributed by atoms with Gasteiger partial charge < -0.3 is 14.8 Å². The first-order chi connectivity index (χ1) is 10.7. The first-order valence-corrected chi connectivity index (χ1v) is 7.66. The third kappa shape index (κ3) is 4.13. The molecular weight excluding hydrogens is 278 g/mol. The van der Waals surface area contributed by atoms with Crippen LogP contribution in [-0.2, 0) is 4.79 Å². The molecule has 118 valence electrons. The molecule has 1 amide bonds. The Hall–Kier alpha value is -2.23. The second-order valence-corrected chi connectivity index (χ2v) is 5.24. The molecule has 2 aromatic rings. The maximum absolute atomic E-state index is 11.9. The van der Waals surface area contributed by atoms with Gasteiger partial charge in [-0.15, -0.1) is 0 Å². The number of ether oxygens (including phenoxy) is 2. The monoisotopic (exact) mass is 301 g/mol. The summed E-state index contributed by atoms with van der Waals surface area (Å²) >= 11 is 0. The van der Waals surface area contributed by atoms with Crippen LogP contribution in [0.5, 0.6) is 11.5 Å². The van der Waals surface area contributed by atoms with Crippen LogP contribution >= 0.6 is 0 Å². The summed E-state index contributed by atoms with van der Waals surface area (Å²) in [7, 11) is 1.64. The highest BCUT2D eigenvalue weighted by Crippen LogP contribution is 2.24. The Balaban J connectivity index is 2.00. The second kappa shape index (κ2) is 7.69.